The number of aliphatic hydroxyl groups excluding tert-OH is 1. The van der Waals surface area contributed by atoms with E-state index in [1.54, 1.807) is 26.0 Å². The van der Waals surface area contributed by atoms with Gasteiger partial charge in [-0.3, -0.25) is 19.5 Å². The van der Waals surface area contributed by atoms with E-state index >= 15 is 0 Å². The van der Waals surface area contributed by atoms with Crippen molar-refractivity contribution < 1.29 is 32.6 Å². The van der Waals surface area contributed by atoms with Gasteiger partial charge in [-0.15, -0.1) is 0 Å². The Balaban J connectivity index is 1.43. The SMILES string of the molecule is CC1(C)CC(=O)N([C@H](c2cncc(Cl)c2)[C@H]2C[C@@H]2C(=O)N[C@@H]2c3ccccc3O[C@H](C(F)(F)F)[C@H]2O)C(N)=N1. The van der Waals surface area contributed by atoms with Crippen molar-refractivity contribution in [3.05, 3.63) is 58.9 Å². The highest BCUT2D eigenvalue weighted by Crippen LogP contribution is 2.52. The van der Waals surface area contributed by atoms with Gasteiger partial charge in [0.2, 0.25) is 17.9 Å². The van der Waals surface area contributed by atoms with Crippen LogP contribution < -0.4 is 15.8 Å². The van der Waals surface area contributed by atoms with Crippen LogP contribution in [0.4, 0.5) is 13.2 Å². The smallest absolute Gasteiger partial charge is 0.428 e. The fourth-order valence-electron chi connectivity index (χ4n) is 5.42. The van der Waals surface area contributed by atoms with Crippen molar-refractivity contribution in [3.63, 3.8) is 0 Å². The number of benzene rings is 1. The van der Waals surface area contributed by atoms with Gasteiger partial charge in [0, 0.05) is 23.9 Å². The molecule has 2 aromatic rings. The number of nitrogens with zero attached hydrogens (tertiary/aromatic N) is 3. The van der Waals surface area contributed by atoms with Gasteiger partial charge in [-0.25, -0.2) is 4.99 Å². The predicted molar refractivity (Wildman–Crippen MR) is 135 cm³/mol. The van der Waals surface area contributed by atoms with E-state index in [2.05, 4.69) is 15.3 Å². The second-order valence-corrected chi connectivity index (χ2v) is 11.1. The first-order valence-corrected chi connectivity index (χ1v) is 12.7. The Hall–Kier alpha value is -3.38. The number of hydrogen-bond donors (Lipinski definition) is 3. The largest absolute Gasteiger partial charge is 0.478 e. The summed E-state index contributed by atoms with van der Waals surface area (Å²) in [6, 6.07) is 5.47. The van der Waals surface area contributed by atoms with E-state index < -0.39 is 53.7 Å². The number of para-hydroxylation sites is 1. The lowest BCUT2D eigenvalue weighted by Gasteiger charge is -2.38. The van der Waals surface area contributed by atoms with Gasteiger partial charge < -0.3 is 20.9 Å². The van der Waals surface area contributed by atoms with Crippen LogP contribution in [0.2, 0.25) is 5.02 Å². The third kappa shape index (κ3) is 5.27. The van der Waals surface area contributed by atoms with Gasteiger partial charge in [0.05, 0.1) is 29.1 Å². The van der Waals surface area contributed by atoms with Crippen molar-refractivity contribution in [2.45, 2.75) is 62.7 Å². The highest BCUT2D eigenvalue weighted by molar-refractivity contribution is 6.30. The molecule has 39 heavy (non-hydrogen) atoms. The van der Waals surface area contributed by atoms with Gasteiger partial charge in [-0.1, -0.05) is 29.8 Å². The zero-order chi connectivity index (χ0) is 28.3. The molecular formula is C26H27ClF3N5O4. The summed E-state index contributed by atoms with van der Waals surface area (Å²) in [5, 5.41) is 13.5. The average molecular weight is 566 g/mol. The summed E-state index contributed by atoms with van der Waals surface area (Å²) in [4.78, 5) is 36.5. The summed E-state index contributed by atoms with van der Waals surface area (Å²) < 4.78 is 45.9. The highest BCUT2D eigenvalue weighted by atomic mass is 35.5. The van der Waals surface area contributed by atoms with E-state index in [1.807, 2.05) is 0 Å². The Morgan fingerprint density at radius 3 is 2.69 bits per heavy atom. The normalized spacial score (nSPS) is 28.6. The summed E-state index contributed by atoms with van der Waals surface area (Å²) in [6.07, 6.45) is -6.08. The molecule has 3 heterocycles. The molecule has 13 heteroatoms. The van der Waals surface area contributed by atoms with Crippen LogP contribution in [0.15, 0.2) is 47.7 Å². The average Bonchev–Trinajstić information content (AvgIpc) is 3.62. The van der Waals surface area contributed by atoms with Gasteiger partial charge in [0.1, 0.15) is 11.9 Å². The Kier molecular flexibility index (Phi) is 6.74. The molecule has 0 radical (unpaired) electrons. The maximum atomic E-state index is 13.6. The van der Waals surface area contributed by atoms with E-state index in [0.717, 1.165) is 0 Å². The predicted octanol–water partition coefficient (Wildman–Crippen LogP) is 3.28. The third-order valence-corrected chi connectivity index (χ3v) is 7.43. The van der Waals surface area contributed by atoms with Crippen LogP contribution in [0.25, 0.3) is 0 Å². The van der Waals surface area contributed by atoms with Crippen molar-refractivity contribution in [2.75, 3.05) is 0 Å². The second kappa shape index (κ2) is 9.67. The number of aliphatic hydroxyl groups is 1. The van der Waals surface area contributed by atoms with Crippen LogP contribution in [0, 0.1) is 11.8 Å². The minimum Gasteiger partial charge on any atom is -0.478 e. The topological polar surface area (TPSA) is 130 Å². The first kappa shape index (κ1) is 27.2. The van der Waals surface area contributed by atoms with E-state index in [4.69, 9.17) is 22.1 Å². The number of amides is 2. The first-order valence-electron chi connectivity index (χ1n) is 12.4. The Morgan fingerprint density at radius 2 is 2.03 bits per heavy atom. The molecule has 4 N–H and O–H groups in total. The van der Waals surface area contributed by atoms with Crippen molar-refractivity contribution in [3.8, 4) is 5.75 Å². The second-order valence-electron chi connectivity index (χ2n) is 10.7. The molecule has 0 saturated heterocycles. The number of guanidine groups is 1. The molecule has 1 aromatic carbocycles. The number of fused-ring (bicyclic) bond motifs is 1. The lowest BCUT2D eigenvalue weighted by atomic mass is 9.92. The molecule has 3 aliphatic rings. The van der Waals surface area contributed by atoms with E-state index in [0.29, 0.717) is 17.0 Å². The number of pyridine rings is 1. The number of halogens is 4. The Labute approximate surface area is 227 Å². The van der Waals surface area contributed by atoms with Crippen LogP contribution >= 0.6 is 11.6 Å². The number of ether oxygens (including phenoxy) is 1. The maximum absolute atomic E-state index is 13.6. The first-order chi connectivity index (χ1) is 18.3. The van der Waals surface area contributed by atoms with Crippen LogP contribution in [0.1, 0.15) is 49.9 Å². The van der Waals surface area contributed by atoms with Crippen molar-refractivity contribution in [1.29, 1.82) is 0 Å². The number of carbonyl (C=O) groups is 2. The molecule has 5 rings (SSSR count). The number of alkyl halides is 3. The fraction of sp³-hybridized carbons (Fsp3) is 0.462. The number of hydrogen-bond acceptors (Lipinski definition) is 7. The molecule has 9 nitrogen and oxygen atoms in total. The molecule has 2 amide bonds. The zero-order valence-electron chi connectivity index (χ0n) is 21.0. The summed E-state index contributed by atoms with van der Waals surface area (Å²) in [7, 11) is 0. The molecule has 0 spiro atoms. The molecule has 0 bridgehead atoms. The van der Waals surface area contributed by atoms with Gasteiger partial charge in [-0.2, -0.15) is 13.2 Å². The van der Waals surface area contributed by atoms with Crippen molar-refractivity contribution in [2.24, 2.45) is 22.6 Å². The summed E-state index contributed by atoms with van der Waals surface area (Å²) in [5.74, 6) is -2.07. The van der Waals surface area contributed by atoms with E-state index in [9.17, 15) is 27.9 Å². The third-order valence-electron chi connectivity index (χ3n) is 7.22. The Bertz CT molecular complexity index is 1340. The number of nitrogens with two attached hydrogens (primary N) is 1. The zero-order valence-corrected chi connectivity index (χ0v) is 21.8. The van der Waals surface area contributed by atoms with Crippen LogP contribution in [0.5, 0.6) is 5.75 Å². The van der Waals surface area contributed by atoms with Crippen LogP contribution in [0.3, 0.4) is 0 Å². The monoisotopic (exact) mass is 565 g/mol. The Morgan fingerprint density at radius 1 is 1.31 bits per heavy atom. The maximum Gasteiger partial charge on any atom is 0.428 e. The van der Waals surface area contributed by atoms with Crippen molar-refractivity contribution in [1.82, 2.24) is 15.2 Å². The number of aromatic nitrogens is 1. The fourth-order valence-corrected chi connectivity index (χ4v) is 5.60. The molecule has 1 aromatic heterocycles. The van der Waals surface area contributed by atoms with E-state index in [1.165, 1.54) is 35.5 Å². The summed E-state index contributed by atoms with van der Waals surface area (Å²) >= 11 is 6.17. The van der Waals surface area contributed by atoms with Gasteiger partial charge in [-0.05, 0) is 43.9 Å². The van der Waals surface area contributed by atoms with Gasteiger partial charge in [0.15, 0.2) is 5.96 Å². The van der Waals surface area contributed by atoms with Gasteiger partial charge in [0.25, 0.3) is 0 Å². The number of rotatable bonds is 5. The number of nitrogens with one attached hydrogen (secondary N) is 1. The minimum absolute atomic E-state index is 0.00548. The number of aliphatic imine (C=N–C) groups is 1. The quantitative estimate of drug-likeness (QED) is 0.510. The molecule has 2 aliphatic heterocycles. The number of carbonyl (C=O) groups excluding carboxylic acids is 2. The molecule has 0 unspecified atom stereocenters. The highest BCUT2D eigenvalue weighted by Gasteiger charge is 2.56. The minimum atomic E-state index is -4.86. The van der Waals surface area contributed by atoms with E-state index in [-0.39, 0.29) is 29.6 Å². The lowest BCUT2D eigenvalue weighted by molar-refractivity contribution is -0.229. The molecule has 6 atom stereocenters. The molecule has 1 aliphatic carbocycles. The molecule has 1 fully saturated rings. The van der Waals surface area contributed by atoms with Crippen LogP contribution in [-0.2, 0) is 9.59 Å². The van der Waals surface area contributed by atoms with Crippen molar-refractivity contribution >= 4 is 29.4 Å². The molecule has 208 valence electrons. The standard InChI is InChI=1S/C26H27ClF3N5O4/c1-25(2)9-18(36)35(24(31)34-25)20(12-7-13(27)11-32-10-12)15-8-16(15)23(38)33-19-14-5-3-4-6-17(14)39-22(21(19)37)26(28,29)30/h3-7,10-11,15-16,19-22,37H,8-9H2,1-2H3,(H2,31,34)(H,33,38)/t15-,16-,19+,20+,21-,22-/m0/s1. The molecule has 1 saturated carbocycles. The van der Waals surface area contributed by atoms with Crippen LogP contribution in [-0.4, -0.2) is 56.7 Å². The summed E-state index contributed by atoms with van der Waals surface area (Å²) in [5.41, 5.74) is 6.31. The summed E-state index contributed by atoms with van der Waals surface area (Å²) in [6.45, 7) is 3.56. The molecular weight excluding hydrogens is 539 g/mol. The van der Waals surface area contributed by atoms with Gasteiger partial charge >= 0.3 is 6.18 Å². The lowest BCUT2D eigenvalue weighted by Crippen LogP contribution is -2.54.